The van der Waals surface area contributed by atoms with Gasteiger partial charge in [-0.1, -0.05) is 31.5 Å². The Bertz CT molecular complexity index is 557. The Hall–Kier alpha value is -1.83. The molecule has 1 heterocycles. The van der Waals surface area contributed by atoms with Crippen molar-refractivity contribution in [3.63, 3.8) is 0 Å². The van der Waals surface area contributed by atoms with E-state index < -0.39 is 0 Å². The third-order valence-electron chi connectivity index (χ3n) is 3.24. The SMILES string of the molecule is CCCC(NCc1ccc(OCC#N)cc1)c1cccs1. The number of ether oxygens (including phenoxy) is 1. The van der Waals surface area contributed by atoms with Crippen molar-refractivity contribution in [3.8, 4) is 11.8 Å². The molecule has 0 saturated heterocycles. The first-order valence-electron chi connectivity index (χ1n) is 7.19. The van der Waals surface area contributed by atoms with E-state index in [1.807, 2.05) is 30.3 Å². The number of nitriles is 1. The zero-order valence-electron chi connectivity index (χ0n) is 12.2. The molecule has 4 heteroatoms. The van der Waals surface area contributed by atoms with Gasteiger partial charge in [-0.2, -0.15) is 5.26 Å². The number of thiophene rings is 1. The molecule has 0 saturated carbocycles. The Kier molecular flexibility index (Phi) is 6.26. The molecular weight excluding hydrogens is 280 g/mol. The molecular formula is C17H20N2OS. The van der Waals surface area contributed by atoms with Gasteiger partial charge in [0, 0.05) is 17.5 Å². The van der Waals surface area contributed by atoms with Gasteiger partial charge in [0.25, 0.3) is 0 Å². The second kappa shape index (κ2) is 8.46. The summed E-state index contributed by atoms with van der Waals surface area (Å²) >= 11 is 1.80. The maximum absolute atomic E-state index is 8.48. The summed E-state index contributed by atoms with van der Waals surface area (Å²) in [6.45, 7) is 3.14. The van der Waals surface area contributed by atoms with Crippen LogP contribution in [0.5, 0.6) is 5.75 Å². The minimum atomic E-state index is 0.0918. The molecule has 0 spiro atoms. The van der Waals surface area contributed by atoms with Gasteiger partial charge >= 0.3 is 0 Å². The predicted molar refractivity (Wildman–Crippen MR) is 86.4 cm³/mol. The third-order valence-corrected chi connectivity index (χ3v) is 4.23. The van der Waals surface area contributed by atoms with Crippen LogP contribution in [-0.2, 0) is 6.54 Å². The molecule has 0 aliphatic heterocycles. The lowest BCUT2D eigenvalue weighted by Crippen LogP contribution is -2.19. The van der Waals surface area contributed by atoms with Crippen LogP contribution < -0.4 is 10.1 Å². The number of hydrogen-bond acceptors (Lipinski definition) is 4. The fourth-order valence-corrected chi connectivity index (χ4v) is 3.02. The molecule has 110 valence electrons. The van der Waals surface area contributed by atoms with Crippen LogP contribution in [0, 0.1) is 11.3 Å². The van der Waals surface area contributed by atoms with Crippen LogP contribution >= 0.6 is 11.3 Å². The first-order chi connectivity index (χ1) is 10.3. The summed E-state index contributed by atoms with van der Waals surface area (Å²) in [6.07, 6.45) is 2.31. The largest absolute Gasteiger partial charge is 0.479 e. The van der Waals surface area contributed by atoms with E-state index in [-0.39, 0.29) is 6.61 Å². The van der Waals surface area contributed by atoms with Crippen LogP contribution in [-0.4, -0.2) is 6.61 Å². The fraction of sp³-hybridized carbons (Fsp3) is 0.353. The topological polar surface area (TPSA) is 45.0 Å². The Morgan fingerprint density at radius 3 is 2.71 bits per heavy atom. The highest BCUT2D eigenvalue weighted by Gasteiger charge is 2.10. The molecule has 0 aliphatic carbocycles. The summed E-state index contributed by atoms with van der Waals surface area (Å²) in [4.78, 5) is 1.39. The number of nitrogens with zero attached hydrogens (tertiary/aromatic N) is 1. The molecule has 3 nitrogen and oxygen atoms in total. The lowest BCUT2D eigenvalue weighted by Gasteiger charge is -2.17. The maximum atomic E-state index is 8.48. The lowest BCUT2D eigenvalue weighted by atomic mass is 10.1. The van der Waals surface area contributed by atoms with E-state index in [2.05, 4.69) is 29.8 Å². The molecule has 0 bridgehead atoms. The standard InChI is InChI=1S/C17H20N2OS/c1-2-4-16(17-5-3-12-21-17)19-13-14-6-8-15(9-7-14)20-11-10-18/h3,5-9,12,16,19H,2,4,11,13H2,1H3. The first kappa shape index (κ1) is 15.6. The molecule has 1 aromatic carbocycles. The minimum Gasteiger partial charge on any atom is -0.479 e. The van der Waals surface area contributed by atoms with Crippen LogP contribution in [0.4, 0.5) is 0 Å². The molecule has 0 fully saturated rings. The van der Waals surface area contributed by atoms with E-state index in [0.717, 1.165) is 25.1 Å². The van der Waals surface area contributed by atoms with Gasteiger partial charge in [-0.3, -0.25) is 0 Å². The molecule has 0 amide bonds. The number of hydrogen-bond donors (Lipinski definition) is 1. The molecule has 2 rings (SSSR count). The highest BCUT2D eigenvalue weighted by atomic mass is 32.1. The molecule has 1 N–H and O–H groups in total. The second-order valence-corrected chi connectivity index (χ2v) is 5.81. The van der Waals surface area contributed by atoms with Crippen molar-refractivity contribution in [2.45, 2.75) is 32.4 Å². The van der Waals surface area contributed by atoms with Crippen molar-refractivity contribution in [2.75, 3.05) is 6.61 Å². The van der Waals surface area contributed by atoms with Crippen molar-refractivity contribution in [1.82, 2.24) is 5.32 Å². The van der Waals surface area contributed by atoms with Crippen molar-refractivity contribution in [3.05, 3.63) is 52.2 Å². The molecule has 0 radical (unpaired) electrons. The van der Waals surface area contributed by atoms with Gasteiger partial charge in [0.2, 0.25) is 0 Å². The Morgan fingerprint density at radius 2 is 2.10 bits per heavy atom. The second-order valence-electron chi connectivity index (χ2n) is 4.83. The average molecular weight is 300 g/mol. The van der Waals surface area contributed by atoms with Crippen LogP contribution in [0.15, 0.2) is 41.8 Å². The summed E-state index contributed by atoms with van der Waals surface area (Å²) in [6, 6.07) is 14.6. The summed E-state index contributed by atoms with van der Waals surface area (Å²) < 4.78 is 5.25. The van der Waals surface area contributed by atoms with Crippen LogP contribution in [0.3, 0.4) is 0 Å². The molecule has 21 heavy (non-hydrogen) atoms. The van der Waals surface area contributed by atoms with Gasteiger partial charge in [-0.05, 0) is 35.6 Å². The van der Waals surface area contributed by atoms with E-state index >= 15 is 0 Å². The monoisotopic (exact) mass is 300 g/mol. The van der Waals surface area contributed by atoms with E-state index in [9.17, 15) is 0 Å². The molecule has 2 aromatic rings. The summed E-state index contributed by atoms with van der Waals surface area (Å²) in [5.74, 6) is 0.740. The van der Waals surface area contributed by atoms with Gasteiger partial charge in [0.15, 0.2) is 6.61 Å². The van der Waals surface area contributed by atoms with Crippen LogP contribution in [0.2, 0.25) is 0 Å². The first-order valence-corrected chi connectivity index (χ1v) is 8.07. The van der Waals surface area contributed by atoms with Gasteiger partial charge < -0.3 is 10.1 Å². The zero-order chi connectivity index (χ0) is 14.9. The summed E-state index contributed by atoms with van der Waals surface area (Å²) in [5, 5.41) is 14.2. The van der Waals surface area contributed by atoms with Gasteiger partial charge in [-0.25, -0.2) is 0 Å². The van der Waals surface area contributed by atoms with Crippen molar-refractivity contribution in [2.24, 2.45) is 0 Å². The van der Waals surface area contributed by atoms with E-state index in [1.54, 1.807) is 11.3 Å². The third kappa shape index (κ3) is 4.89. The molecule has 1 atom stereocenters. The van der Waals surface area contributed by atoms with Crippen LogP contribution in [0.1, 0.15) is 36.2 Å². The molecule has 0 aliphatic rings. The summed E-state index contributed by atoms with van der Waals surface area (Å²) in [5.41, 5.74) is 1.22. The Morgan fingerprint density at radius 1 is 1.29 bits per heavy atom. The molecule has 1 aromatic heterocycles. The number of nitrogens with one attached hydrogen (secondary N) is 1. The van der Waals surface area contributed by atoms with Crippen molar-refractivity contribution < 1.29 is 4.74 Å². The van der Waals surface area contributed by atoms with Gasteiger partial charge in [0.1, 0.15) is 11.8 Å². The highest BCUT2D eigenvalue weighted by Crippen LogP contribution is 2.23. The smallest absolute Gasteiger partial charge is 0.174 e. The fourth-order valence-electron chi connectivity index (χ4n) is 2.18. The molecule has 1 unspecified atom stereocenters. The lowest BCUT2D eigenvalue weighted by molar-refractivity contribution is 0.368. The average Bonchev–Trinajstić information content (AvgIpc) is 3.04. The number of rotatable bonds is 8. The van der Waals surface area contributed by atoms with E-state index in [0.29, 0.717) is 6.04 Å². The predicted octanol–water partition coefficient (Wildman–Crippen LogP) is 4.28. The Balaban J connectivity index is 1.90. The maximum Gasteiger partial charge on any atom is 0.174 e. The van der Waals surface area contributed by atoms with E-state index in [4.69, 9.17) is 10.00 Å². The zero-order valence-corrected chi connectivity index (χ0v) is 13.0. The van der Waals surface area contributed by atoms with Crippen molar-refractivity contribution in [1.29, 1.82) is 5.26 Å². The number of benzene rings is 1. The van der Waals surface area contributed by atoms with E-state index in [1.165, 1.54) is 10.4 Å². The van der Waals surface area contributed by atoms with Gasteiger partial charge in [-0.15, -0.1) is 11.3 Å². The summed E-state index contributed by atoms with van der Waals surface area (Å²) in [7, 11) is 0. The normalized spacial score (nSPS) is 11.8. The highest BCUT2D eigenvalue weighted by molar-refractivity contribution is 7.10. The Labute approximate surface area is 130 Å². The van der Waals surface area contributed by atoms with Crippen LogP contribution in [0.25, 0.3) is 0 Å². The van der Waals surface area contributed by atoms with Gasteiger partial charge in [0.05, 0.1) is 0 Å². The quantitative estimate of drug-likeness (QED) is 0.791. The minimum absolute atomic E-state index is 0.0918. The van der Waals surface area contributed by atoms with Crippen molar-refractivity contribution >= 4 is 11.3 Å².